The molecule has 23 heavy (non-hydrogen) atoms. The zero-order valence-corrected chi connectivity index (χ0v) is 14.3. The number of hydrogen-bond donors (Lipinski definition) is 1. The Morgan fingerprint density at radius 2 is 2.00 bits per heavy atom. The number of carbonyl (C=O) groups is 1. The molecule has 0 spiro atoms. The van der Waals surface area contributed by atoms with Crippen molar-refractivity contribution in [2.75, 3.05) is 20.1 Å². The molecule has 0 aromatic heterocycles. The average Bonchev–Trinajstić information content (AvgIpc) is 2.48. The van der Waals surface area contributed by atoms with Crippen LogP contribution in [0.4, 0.5) is 4.39 Å². The first-order valence-corrected chi connectivity index (χ1v) is 8.22. The molecule has 1 aromatic rings. The van der Waals surface area contributed by atoms with Gasteiger partial charge in [0.15, 0.2) is 0 Å². The highest BCUT2D eigenvalue weighted by molar-refractivity contribution is 5.81. The van der Waals surface area contributed by atoms with E-state index in [0.717, 1.165) is 31.4 Å². The third-order valence-electron chi connectivity index (χ3n) is 4.20. The quantitative estimate of drug-likeness (QED) is 0.905. The molecule has 0 bridgehead atoms. The van der Waals surface area contributed by atoms with Gasteiger partial charge < -0.3 is 10.0 Å². The minimum Gasteiger partial charge on any atom is -0.389 e. The molecule has 1 unspecified atom stereocenters. The molecule has 0 radical (unpaired) electrons. The van der Waals surface area contributed by atoms with E-state index in [4.69, 9.17) is 0 Å². The van der Waals surface area contributed by atoms with Crippen molar-refractivity contribution in [2.24, 2.45) is 0 Å². The predicted octanol–water partition coefficient (Wildman–Crippen LogP) is 2.41. The summed E-state index contributed by atoms with van der Waals surface area (Å²) in [4.78, 5) is 16.5. The van der Waals surface area contributed by atoms with E-state index in [1.54, 1.807) is 37.9 Å². The number of benzene rings is 1. The van der Waals surface area contributed by atoms with Crippen molar-refractivity contribution in [3.05, 3.63) is 35.6 Å². The summed E-state index contributed by atoms with van der Waals surface area (Å²) in [5.41, 5.74) is 0.108. The van der Waals surface area contributed by atoms with E-state index in [1.165, 1.54) is 12.1 Å². The maximum absolute atomic E-state index is 13.0. The van der Waals surface area contributed by atoms with E-state index in [2.05, 4.69) is 4.90 Å². The van der Waals surface area contributed by atoms with Crippen LogP contribution in [0.25, 0.3) is 0 Å². The molecule has 1 aliphatic rings. The fraction of sp³-hybridized carbons (Fsp3) is 0.611. The largest absolute Gasteiger partial charge is 0.389 e. The number of piperidine rings is 1. The van der Waals surface area contributed by atoms with Gasteiger partial charge in [0, 0.05) is 20.1 Å². The van der Waals surface area contributed by atoms with E-state index < -0.39 is 5.60 Å². The smallest absolute Gasteiger partial charge is 0.239 e. The Kier molecular flexibility index (Phi) is 5.76. The molecule has 5 heteroatoms. The highest BCUT2D eigenvalue weighted by Crippen LogP contribution is 2.22. The second-order valence-corrected chi connectivity index (χ2v) is 7.12. The zero-order valence-electron chi connectivity index (χ0n) is 14.3. The summed E-state index contributed by atoms with van der Waals surface area (Å²) in [6.45, 7) is 5.23. The summed E-state index contributed by atoms with van der Waals surface area (Å²) in [6.07, 6.45) is 2.93. The lowest BCUT2D eigenvalue weighted by Gasteiger charge is -2.38. The van der Waals surface area contributed by atoms with Crippen LogP contribution >= 0.6 is 0 Å². The topological polar surface area (TPSA) is 43.8 Å². The van der Waals surface area contributed by atoms with Crippen LogP contribution in [-0.2, 0) is 11.3 Å². The van der Waals surface area contributed by atoms with Gasteiger partial charge in [-0.05, 0) is 50.9 Å². The maximum atomic E-state index is 13.0. The van der Waals surface area contributed by atoms with Crippen molar-refractivity contribution in [1.82, 2.24) is 9.80 Å². The van der Waals surface area contributed by atoms with Gasteiger partial charge in [-0.3, -0.25) is 9.69 Å². The molecule has 1 heterocycles. The minimum absolute atomic E-state index is 0.0499. The monoisotopic (exact) mass is 322 g/mol. The number of likely N-dealkylation sites (N-methyl/N-ethyl adjacent to an activating group) is 1. The number of carbonyl (C=O) groups excluding carboxylic acids is 1. The number of amides is 1. The van der Waals surface area contributed by atoms with Crippen molar-refractivity contribution in [2.45, 2.75) is 51.3 Å². The first kappa shape index (κ1) is 17.9. The Balaban J connectivity index is 2.05. The van der Waals surface area contributed by atoms with Crippen LogP contribution < -0.4 is 0 Å². The Morgan fingerprint density at radius 3 is 2.61 bits per heavy atom. The van der Waals surface area contributed by atoms with Gasteiger partial charge in [-0.15, -0.1) is 0 Å². The molecule has 1 N–H and O–H groups in total. The van der Waals surface area contributed by atoms with E-state index in [1.807, 2.05) is 0 Å². The number of rotatable bonds is 5. The van der Waals surface area contributed by atoms with Gasteiger partial charge in [-0.25, -0.2) is 4.39 Å². The van der Waals surface area contributed by atoms with Crippen molar-refractivity contribution < 1.29 is 14.3 Å². The molecular weight excluding hydrogens is 295 g/mol. The first-order chi connectivity index (χ1) is 10.8. The fourth-order valence-electron chi connectivity index (χ4n) is 3.20. The number of halogens is 1. The van der Waals surface area contributed by atoms with E-state index in [9.17, 15) is 14.3 Å². The van der Waals surface area contributed by atoms with Gasteiger partial charge in [-0.1, -0.05) is 18.6 Å². The van der Waals surface area contributed by atoms with Crippen molar-refractivity contribution in [3.63, 3.8) is 0 Å². The fourth-order valence-corrected chi connectivity index (χ4v) is 3.20. The number of aliphatic hydroxyl groups is 1. The Morgan fingerprint density at radius 1 is 1.35 bits per heavy atom. The van der Waals surface area contributed by atoms with Gasteiger partial charge in [0.1, 0.15) is 5.82 Å². The third kappa shape index (κ3) is 5.29. The Hall–Kier alpha value is -1.46. The molecule has 1 aromatic carbocycles. The van der Waals surface area contributed by atoms with Gasteiger partial charge in [0.2, 0.25) is 5.91 Å². The van der Waals surface area contributed by atoms with E-state index in [-0.39, 0.29) is 17.8 Å². The van der Waals surface area contributed by atoms with Gasteiger partial charge in [-0.2, -0.15) is 0 Å². The van der Waals surface area contributed by atoms with Crippen LogP contribution in [-0.4, -0.2) is 52.6 Å². The average molecular weight is 322 g/mol. The van der Waals surface area contributed by atoms with E-state index in [0.29, 0.717) is 13.1 Å². The number of likely N-dealkylation sites (tertiary alicyclic amines) is 1. The molecule has 2 rings (SSSR count). The van der Waals surface area contributed by atoms with Crippen molar-refractivity contribution in [3.8, 4) is 0 Å². The van der Waals surface area contributed by atoms with Crippen molar-refractivity contribution in [1.29, 1.82) is 0 Å². The van der Waals surface area contributed by atoms with Crippen LogP contribution in [0, 0.1) is 5.82 Å². The lowest BCUT2D eigenvalue weighted by molar-refractivity contribution is -0.139. The number of hydrogen-bond acceptors (Lipinski definition) is 3. The minimum atomic E-state index is -0.902. The molecule has 1 saturated heterocycles. The zero-order chi connectivity index (χ0) is 17.0. The van der Waals surface area contributed by atoms with Crippen LogP contribution in [0.1, 0.15) is 38.7 Å². The Bertz CT molecular complexity index is 525. The molecule has 0 aliphatic carbocycles. The molecule has 1 amide bonds. The standard InChI is InChI=1S/C18H27FN2O2/c1-18(2,23)13-20(3)17(22)16-6-4-5-11-21(16)12-14-7-9-15(19)10-8-14/h7-10,16,23H,4-6,11-13H2,1-3H3. The first-order valence-electron chi connectivity index (χ1n) is 8.22. The van der Waals surface area contributed by atoms with Crippen LogP contribution in [0.5, 0.6) is 0 Å². The lowest BCUT2D eigenvalue weighted by atomic mass is 9.99. The molecular formula is C18H27FN2O2. The SMILES string of the molecule is CN(CC(C)(C)O)C(=O)C1CCCCN1Cc1ccc(F)cc1. The summed E-state index contributed by atoms with van der Waals surface area (Å²) in [5.74, 6) is -0.195. The molecule has 1 fully saturated rings. The van der Waals surface area contributed by atoms with Gasteiger partial charge in [0.05, 0.1) is 11.6 Å². The predicted molar refractivity (Wildman–Crippen MR) is 88.4 cm³/mol. The normalized spacial score (nSPS) is 19.6. The maximum Gasteiger partial charge on any atom is 0.239 e. The van der Waals surface area contributed by atoms with Gasteiger partial charge in [0.25, 0.3) is 0 Å². The molecule has 1 atom stereocenters. The highest BCUT2D eigenvalue weighted by Gasteiger charge is 2.32. The molecule has 0 saturated carbocycles. The highest BCUT2D eigenvalue weighted by atomic mass is 19.1. The van der Waals surface area contributed by atoms with Crippen LogP contribution in [0.15, 0.2) is 24.3 Å². The second kappa shape index (κ2) is 7.41. The summed E-state index contributed by atoms with van der Waals surface area (Å²) in [6, 6.07) is 6.28. The van der Waals surface area contributed by atoms with Crippen LogP contribution in [0.2, 0.25) is 0 Å². The van der Waals surface area contributed by atoms with E-state index >= 15 is 0 Å². The summed E-state index contributed by atoms with van der Waals surface area (Å²) < 4.78 is 13.0. The third-order valence-corrected chi connectivity index (χ3v) is 4.20. The van der Waals surface area contributed by atoms with Gasteiger partial charge >= 0.3 is 0 Å². The Labute approximate surface area is 137 Å². The molecule has 4 nitrogen and oxygen atoms in total. The number of nitrogens with zero attached hydrogens (tertiary/aromatic N) is 2. The summed E-state index contributed by atoms with van der Waals surface area (Å²) >= 11 is 0. The lowest BCUT2D eigenvalue weighted by Crippen LogP contribution is -2.52. The second-order valence-electron chi connectivity index (χ2n) is 7.12. The van der Waals surface area contributed by atoms with Crippen molar-refractivity contribution >= 4 is 5.91 Å². The summed E-state index contributed by atoms with van der Waals surface area (Å²) in [7, 11) is 1.74. The summed E-state index contributed by atoms with van der Waals surface area (Å²) in [5, 5.41) is 9.92. The molecule has 1 aliphatic heterocycles. The van der Waals surface area contributed by atoms with Crippen LogP contribution in [0.3, 0.4) is 0 Å². The molecule has 128 valence electrons.